The van der Waals surface area contributed by atoms with E-state index in [1.54, 1.807) is 20.1 Å². The number of unbranched alkanes of at least 4 members (excludes halogenated alkanes) is 1. The van der Waals surface area contributed by atoms with Gasteiger partial charge in [-0.15, -0.1) is 0 Å². The van der Waals surface area contributed by atoms with Crippen molar-refractivity contribution < 1.29 is 53.8 Å². The smallest absolute Gasteiger partial charge is 0.220 e. The number of anilines is 1. The zero-order valence-electron chi connectivity index (χ0n) is 37.2. The molecule has 1 aliphatic rings. The molecule has 0 fully saturated rings. The maximum atomic E-state index is 15.4. The number of aliphatic hydroxyl groups is 3. The first-order valence-electron chi connectivity index (χ1n) is 22.1. The Morgan fingerprint density at radius 2 is 1.41 bits per heavy atom. The quantitative estimate of drug-likeness (QED) is 0.0229. The molecular formula is C49H60N2O13. The van der Waals surface area contributed by atoms with Gasteiger partial charge in [0, 0.05) is 86.9 Å². The van der Waals surface area contributed by atoms with Crippen LogP contribution < -0.4 is 26.2 Å². The van der Waals surface area contributed by atoms with Crippen molar-refractivity contribution in [3.63, 3.8) is 0 Å². The lowest BCUT2D eigenvalue weighted by molar-refractivity contribution is -0.121. The van der Waals surface area contributed by atoms with Crippen molar-refractivity contribution >= 4 is 72.3 Å². The lowest BCUT2D eigenvalue weighted by Crippen LogP contribution is -2.27. The number of aromatic hydroxyl groups is 1. The van der Waals surface area contributed by atoms with Crippen molar-refractivity contribution in [2.75, 3.05) is 72.3 Å². The lowest BCUT2D eigenvalue weighted by atomic mass is 9.78. The summed E-state index contributed by atoms with van der Waals surface area (Å²) in [5.41, 5.74) is 1.98. The molecule has 64 heavy (non-hydrogen) atoms. The van der Waals surface area contributed by atoms with Crippen LogP contribution in [0.15, 0.2) is 27.3 Å². The van der Waals surface area contributed by atoms with Crippen molar-refractivity contribution in [3.8, 4) is 11.5 Å². The summed E-state index contributed by atoms with van der Waals surface area (Å²) in [6.07, 6.45) is 5.34. The number of phenols is 1. The van der Waals surface area contributed by atoms with E-state index in [4.69, 9.17) is 24.1 Å². The largest absolute Gasteiger partial charge is 0.504 e. The number of methoxy groups -OCH3 is 2. The number of hydrogen-bond donors (Lipinski definition) is 6. The van der Waals surface area contributed by atoms with E-state index >= 15 is 4.79 Å². The Morgan fingerprint density at radius 3 is 2.09 bits per heavy atom. The Hall–Kier alpha value is -5.29. The van der Waals surface area contributed by atoms with Crippen LogP contribution in [0.2, 0.25) is 0 Å². The molecular weight excluding hydrogens is 825 g/mol. The number of nitrogens with one attached hydrogen (secondary N) is 2. The van der Waals surface area contributed by atoms with E-state index in [0.29, 0.717) is 145 Å². The van der Waals surface area contributed by atoms with Crippen LogP contribution in [0.4, 0.5) is 5.69 Å². The van der Waals surface area contributed by atoms with E-state index in [-0.39, 0.29) is 76.2 Å². The SMILES string of the molecule is COCCOCCNC(=O)CCCCc1c2c3c4c(c(OC)c(O)c5c(=O)cc(CO)c(c6c(CO)cc(NCCCC(=O)CCCOCCCO)c(c1=O)c63)c54)C(C(C)=O)C(C)=C2. The molecule has 6 rings (SSSR count). The number of phenolic OH excluding ortho intramolecular Hbond substituents is 1. The maximum absolute atomic E-state index is 15.4. The van der Waals surface area contributed by atoms with Crippen LogP contribution >= 0.6 is 0 Å². The van der Waals surface area contributed by atoms with E-state index in [2.05, 4.69) is 10.6 Å². The minimum absolute atomic E-state index is 0.0435. The zero-order chi connectivity index (χ0) is 46.1. The van der Waals surface area contributed by atoms with Gasteiger partial charge in [-0.1, -0.05) is 11.6 Å². The predicted octanol–water partition coefficient (Wildman–Crippen LogP) is 5.12. The number of benzene rings is 5. The summed E-state index contributed by atoms with van der Waals surface area (Å²) >= 11 is 0. The Labute approximate surface area is 371 Å². The van der Waals surface area contributed by atoms with Crippen LogP contribution in [-0.2, 0) is 48.2 Å². The fourth-order valence-electron chi connectivity index (χ4n) is 9.36. The highest BCUT2D eigenvalue weighted by Gasteiger charge is 2.36. The van der Waals surface area contributed by atoms with Crippen LogP contribution in [0.1, 0.15) is 98.9 Å². The highest BCUT2D eigenvalue weighted by atomic mass is 16.5. The summed E-state index contributed by atoms with van der Waals surface area (Å²) in [4.78, 5) is 68.8. The van der Waals surface area contributed by atoms with Gasteiger partial charge in [0.1, 0.15) is 11.6 Å². The first-order valence-corrected chi connectivity index (χ1v) is 22.1. The van der Waals surface area contributed by atoms with Gasteiger partial charge in [-0.25, -0.2) is 0 Å². The summed E-state index contributed by atoms with van der Waals surface area (Å²) in [7, 11) is 2.94. The van der Waals surface area contributed by atoms with Gasteiger partial charge >= 0.3 is 0 Å². The second-order valence-corrected chi connectivity index (χ2v) is 16.4. The third-order valence-corrected chi connectivity index (χ3v) is 12.1. The third kappa shape index (κ3) is 9.70. The average Bonchev–Trinajstić information content (AvgIpc) is 3.40. The highest BCUT2D eigenvalue weighted by molar-refractivity contribution is 6.39. The van der Waals surface area contributed by atoms with Crippen LogP contribution in [0, 0.1) is 0 Å². The Kier molecular flexibility index (Phi) is 16.6. The normalized spacial score (nSPS) is 13.7. The van der Waals surface area contributed by atoms with Gasteiger partial charge < -0.3 is 50.0 Å². The number of aliphatic hydroxyl groups excluding tert-OH is 3. The number of fused-ring (bicyclic) bond motifs is 1. The van der Waals surface area contributed by atoms with Crippen molar-refractivity contribution in [1.82, 2.24) is 5.32 Å². The van der Waals surface area contributed by atoms with Crippen molar-refractivity contribution in [2.45, 2.75) is 90.8 Å². The van der Waals surface area contributed by atoms with E-state index in [9.17, 15) is 34.5 Å². The molecule has 0 aromatic heterocycles. The molecule has 0 saturated carbocycles. The van der Waals surface area contributed by atoms with Gasteiger partial charge in [0.25, 0.3) is 0 Å². The molecule has 0 heterocycles. The molecule has 0 radical (unpaired) electrons. The Morgan fingerprint density at radius 1 is 0.719 bits per heavy atom. The molecule has 5 aromatic carbocycles. The van der Waals surface area contributed by atoms with Crippen molar-refractivity contribution in [2.24, 2.45) is 0 Å². The number of carbonyl (C=O) groups excluding carboxylic acids is 3. The predicted molar refractivity (Wildman–Crippen MR) is 246 cm³/mol. The molecule has 0 bridgehead atoms. The van der Waals surface area contributed by atoms with Gasteiger partial charge in [-0.3, -0.25) is 24.0 Å². The fraction of sp³-hybridized carbons (Fsp3) is 0.490. The number of allylic oxidation sites excluding steroid dienone is 1. The molecule has 1 atom stereocenters. The summed E-state index contributed by atoms with van der Waals surface area (Å²) in [6, 6.07) is 2.93. The Balaban J connectivity index is 1.53. The molecule has 1 amide bonds. The second kappa shape index (κ2) is 22.1. The standard InChI is InChI=1S/C49H60N2O13/c1-27-22-33-32(12-5-6-13-36(58)51-15-19-64-21-20-61-3)47(59)41-34(50-14-7-10-31(56)11-8-17-63-18-9-16-52)23-29(25-53)38-39-30(26-54)24-35(57)42-44(39)45(40(33)43(38)41)46(37(27)28(2)55)49(62-4)48(42)60/h22-24,37,50,52-54,60H,5-21,25-26H2,1-4H3,(H,51,58). The first-order chi connectivity index (χ1) is 30.9. The molecule has 5 aromatic rings. The minimum atomic E-state index is -0.960. The lowest BCUT2D eigenvalue weighted by Gasteiger charge is -2.26. The topological polar surface area (TPSA) is 227 Å². The number of Topliss-reactive ketones (excluding diaryl/α,β-unsaturated/α-hetero) is 2. The van der Waals surface area contributed by atoms with Gasteiger partial charge in [0.15, 0.2) is 22.4 Å². The molecule has 1 unspecified atom stereocenters. The van der Waals surface area contributed by atoms with Crippen LogP contribution in [0.3, 0.4) is 0 Å². The fourth-order valence-corrected chi connectivity index (χ4v) is 9.36. The summed E-state index contributed by atoms with van der Waals surface area (Å²) in [5.74, 6) is -1.84. The number of ketones is 2. The van der Waals surface area contributed by atoms with Crippen LogP contribution in [-0.4, -0.2) is 105 Å². The van der Waals surface area contributed by atoms with Gasteiger partial charge in [-0.2, -0.15) is 0 Å². The van der Waals surface area contributed by atoms with Gasteiger partial charge in [0.2, 0.25) is 5.91 Å². The average molecular weight is 885 g/mol. The molecule has 1 aliphatic carbocycles. The van der Waals surface area contributed by atoms with Gasteiger partial charge in [0.05, 0.1) is 56.8 Å². The number of rotatable bonds is 27. The molecule has 0 saturated heterocycles. The number of hydrogen-bond acceptors (Lipinski definition) is 14. The maximum Gasteiger partial charge on any atom is 0.220 e. The third-order valence-electron chi connectivity index (χ3n) is 12.1. The molecule has 344 valence electrons. The summed E-state index contributed by atoms with van der Waals surface area (Å²) in [6.45, 7) is 4.89. The van der Waals surface area contributed by atoms with E-state index < -0.39 is 30.3 Å². The number of carbonyl (C=O) groups is 3. The zero-order valence-corrected chi connectivity index (χ0v) is 37.2. The molecule has 6 N–H and O–H groups in total. The highest BCUT2D eigenvalue weighted by Crippen LogP contribution is 2.55. The van der Waals surface area contributed by atoms with Gasteiger partial charge in [-0.05, 0) is 103 Å². The second-order valence-electron chi connectivity index (χ2n) is 16.4. The molecule has 0 spiro atoms. The van der Waals surface area contributed by atoms with Crippen molar-refractivity contribution in [1.29, 1.82) is 0 Å². The minimum Gasteiger partial charge on any atom is -0.504 e. The molecule has 15 heteroatoms. The van der Waals surface area contributed by atoms with E-state index in [0.717, 1.165) is 0 Å². The first kappa shape index (κ1) is 48.2. The van der Waals surface area contributed by atoms with Crippen LogP contribution in [0.25, 0.3) is 49.2 Å². The Bertz CT molecular complexity index is 2660. The number of amides is 1. The molecule has 15 nitrogen and oxygen atoms in total. The molecule has 0 aliphatic heterocycles. The summed E-state index contributed by atoms with van der Waals surface area (Å²) < 4.78 is 21.7. The monoisotopic (exact) mass is 884 g/mol. The number of ether oxygens (including phenoxy) is 4. The van der Waals surface area contributed by atoms with Crippen LogP contribution in [0.5, 0.6) is 11.5 Å². The summed E-state index contributed by atoms with van der Waals surface area (Å²) in [5, 5.41) is 51.8. The van der Waals surface area contributed by atoms with Crippen molar-refractivity contribution in [3.05, 3.63) is 66.0 Å². The van der Waals surface area contributed by atoms with E-state index in [1.807, 2.05) is 6.08 Å². The van der Waals surface area contributed by atoms with E-state index in [1.165, 1.54) is 20.1 Å².